The predicted octanol–water partition coefficient (Wildman–Crippen LogP) is 2.11. The van der Waals surface area contributed by atoms with E-state index in [0.29, 0.717) is 17.6 Å². The summed E-state index contributed by atoms with van der Waals surface area (Å²) in [4.78, 5) is 31.2. The van der Waals surface area contributed by atoms with Gasteiger partial charge in [-0.05, 0) is 29.8 Å². The molecule has 2 amide bonds. The molecule has 2 aromatic heterocycles. The lowest BCUT2D eigenvalue weighted by molar-refractivity contribution is -0.130. The molecule has 1 aliphatic rings. The number of rotatable bonds is 5. The fourth-order valence-electron chi connectivity index (χ4n) is 3.43. The molecule has 0 atom stereocenters. The van der Waals surface area contributed by atoms with E-state index in [-0.39, 0.29) is 16.8 Å². The van der Waals surface area contributed by atoms with Gasteiger partial charge in [-0.25, -0.2) is 13.4 Å². The number of fused-ring (bicyclic) bond motifs is 1. The van der Waals surface area contributed by atoms with E-state index in [1.54, 1.807) is 48.7 Å². The second kappa shape index (κ2) is 8.72. The fourth-order valence-corrected chi connectivity index (χ4v) is 5.11. The largest absolute Gasteiger partial charge is 0.341 e. The number of sulfone groups is 1. The summed E-state index contributed by atoms with van der Waals surface area (Å²) in [5.41, 5.74) is 1.84. The third-order valence-corrected chi connectivity index (χ3v) is 6.89. The number of thioether (sulfide) groups is 1. The molecule has 0 bridgehead atoms. The molecule has 162 valence electrons. The third-order valence-electron chi connectivity index (χ3n) is 4.99. The summed E-state index contributed by atoms with van der Waals surface area (Å²) in [6.07, 6.45) is 2.93. The molecule has 31 heavy (non-hydrogen) atoms. The maximum Gasteiger partial charge on any atom is 0.276 e. The molecule has 1 aromatic carbocycles. The second-order valence-electron chi connectivity index (χ2n) is 7.29. The minimum atomic E-state index is -3.61. The maximum atomic E-state index is 12.8. The van der Waals surface area contributed by atoms with Crippen molar-refractivity contribution in [2.45, 2.75) is 11.6 Å². The summed E-state index contributed by atoms with van der Waals surface area (Å²) in [5, 5.41) is 2.57. The molecule has 0 spiro atoms. The molecule has 3 heterocycles. The lowest BCUT2D eigenvalue weighted by atomic mass is 10.1. The first-order chi connectivity index (χ1) is 14.8. The minimum absolute atomic E-state index is 0.0308. The van der Waals surface area contributed by atoms with Gasteiger partial charge in [0.2, 0.25) is 20.9 Å². The molecule has 1 fully saturated rings. The van der Waals surface area contributed by atoms with Gasteiger partial charge in [0.05, 0.1) is 11.9 Å². The first-order valence-electron chi connectivity index (χ1n) is 9.76. The van der Waals surface area contributed by atoms with Crippen LogP contribution in [-0.4, -0.2) is 65.4 Å². The summed E-state index contributed by atoms with van der Waals surface area (Å²) >= 11 is 1.86. The monoisotopic (exact) mass is 458 g/mol. The molecule has 8 nitrogen and oxygen atoms in total. The van der Waals surface area contributed by atoms with E-state index in [9.17, 15) is 18.0 Å². The SMILES string of the molecule is CS(=O)(=O)c1nc(C(=O)Nc2ccc(CC(=O)N3CCSCC3)cc2)c2ccccn12. The first kappa shape index (κ1) is 21.4. The quantitative estimate of drug-likeness (QED) is 0.629. The van der Waals surface area contributed by atoms with Gasteiger partial charge in [-0.2, -0.15) is 11.8 Å². The van der Waals surface area contributed by atoms with Crippen molar-refractivity contribution in [1.82, 2.24) is 14.3 Å². The molecular formula is C21H22N4O4S2. The number of nitrogens with zero attached hydrogens (tertiary/aromatic N) is 3. The molecule has 10 heteroatoms. The van der Waals surface area contributed by atoms with Gasteiger partial charge in [-0.3, -0.25) is 14.0 Å². The van der Waals surface area contributed by atoms with Crippen LogP contribution in [0, 0.1) is 0 Å². The van der Waals surface area contributed by atoms with Gasteiger partial charge in [-0.1, -0.05) is 18.2 Å². The molecule has 1 aliphatic heterocycles. The molecule has 0 radical (unpaired) electrons. The van der Waals surface area contributed by atoms with Crippen LogP contribution >= 0.6 is 11.8 Å². The van der Waals surface area contributed by atoms with E-state index >= 15 is 0 Å². The summed E-state index contributed by atoms with van der Waals surface area (Å²) in [7, 11) is -3.61. The van der Waals surface area contributed by atoms with Crippen LogP contribution in [0.4, 0.5) is 5.69 Å². The standard InChI is InChI=1S/C21H22N4O4S2/c1-31(28,29)21-23-19(17-4-2-3-9-25(17)21)20(27)22-16-7-5-15(6-8-16)14-18(26)24-10-12-30-13-11-24/h2-9H,10-14H2,1H3,(H,22,27). The highest BCUT2D eigenvalue weighted by atomic mass is 32.2. The van der Waals surface area contributed by atoms with Gasteiger partial charge in [0.1, 0.15) is 0 Å². The Kier molecular flexibility index (Phi) is 6.01. The average molecular weight is 459 g/mol. The lowest BCUT2D eigenvalue weighted by Crippen LogP contribution is -2.38. The van der Waals surface area contributed by atoms with Crippen LogP contribution in [0.1, 0.15) is 16.1 Å². The zero-order chi connectivity index (χ0) is 22.0. The van der Waals surface area contributed by atoms with E-state index < -0.39 is 15.7 Å². The van der Waals surface area contributed by atoms with Crippen LogP contribution in [0.5, 0.6) is 0 Å². The molecule has 0 aliphatic carbocycles. The van der Waals surface area contributed by atoms with Crippen molar-refractivity contribution >= 4 is 44.6 Å². The fraction of sp³-hybridized carbons (Fsp3) is 0.286. The van der Waals surface area contributed by atoms with Crippen LogP contribution in [0.3, 0.4) is 0 Å². The van der Waals surface area contributed by atoms with Gasteiger partial charge >= 0.3 is 0 Å². The Morgan fingerprint density at radius 3 is 2.48 bits per heavy atom. The number of carbonyl (C=O) groups is 2. The lowest BCUT2D eigenvalue weighted by Gasteiger charge is -2.26. The topological polar surface area (TPSA) is 101 Å². The summed E-state index contributed by atoms with van der Waals surface area (Å²) < 4.78 is 25.5. The average Bonchev–Trinajstić information content (AvgIpc) is 3.16. The zero-order valence-corrected chi connectivity index (χ0v) is 18.6. The number of pyridine rings is 1. The van der Waals surface area contributed by atoms with Crippen molar-refractivity contribution in [3.63, 3.8) is 0 Å². The number of benzene rings is 1. The number of anilines is 1. The van der Waals surface area contributed by atoms with Crippen molar-refractivity contribution in [1.29, 1.82) is 0 Å². The van der Waals surface area contributed by atoms with Crippen LogP contribution in [0.15, 0.2) is 53.8 Å². The Morgan fingerprint density at radius 1 is 1.10 bits per heavy atom. The van der Waals surface area contributed by atoms with Crippen LogP contribution < -0.4 is 5.32 Å². The number of imidazole rings is 1. The van der Waals surface area contributed by atoms with Crippen LogP contribution in [0.2, 0.25) is 0 Å². The molecule has 4 rings (SSSR count). The van der Waals surface area contributed by atoms with Crippen molar-refractivity contribution in [2.75, 3.05) is 36.2 Å². The highest BCUT2D eigenvalue weighted by Gasteiger charge is 2.23. The van der Waals surface area contributed by atoms with Gasteiger partial charge in [0.25, 0.3) is 5.91 Å². The number of amides is 2. The molecular weight excluding hydrogens is 436 g/mol. The second-order valence-corrected chi connectivity index (χ2v) is 10.4. The Morgan fingerprint density at radius 2 is 1.81 bits per heavy atom. The number of hydrogen-bond donors (Lipinski definition) is 1. The van der Waals surface area contributed by atoms with E-state index in [4.69, 9.17) is 0 Å². The molecule has 1 saturated heterocycles. The molecule has 0 unspecified atom stereocenters. The summed E-state index contributed by atoms with van der Waals surface area (Å²) in [6, 6.07) is 12.1. The zero-order valence-electron chi connectivity index (χ0n) is 16.9. The van der Waals surface area contributed by atoms with Crippen molar-refractivity contribution in [3.8, 4) is 0 Å². The Bertz CT molecular complexity index is 1230. The molecule has 1 N–H and O–H groups in total. The van der Waals surface area contributed by atoms with E-state index in [1.807, 2.05) is 16.7 Å². The Balaban J connectivity index is 1.49. The summed E-state index contributed by atoms with van der Waals surface area (Å²) in [6.45, 7) is 1.57. The van der Waals surface area contributed by atoms with E-state index in [1.165, 1.54) is 4.40 Å². The molecule has 0 saturated carbocycles. The number of carbonyl (C=O) groups excluding carboxylic acids is 2. The van der Waals surface area contributed by atoms with Gasteiger partial charge < -0.3 is 10.2 Å². The normalized spacial score (nSPS) is 14.5. The summed E-state index contributed by atoms with van der Waals surface area (Å²) in [5.74, 6) is 1.55. The Hall–Kier alpha value is -2.85. The van der Waals surface area contributed by atoms with Crippen LogP contribution in [0.25, 0.3) is 5.52 Å². The van der Waals surface area contributed by atoms with E-state index in [0.717, 1.165) is 36.4 Å². The van der Waals surface area contributed by atoms with Crippen molar-refractivity contribution < 1.29 is 18.0 Å². The minimum Gasteiger partial charge on any atom is -0.341 e. The molecule has 3 aromatic rings. The van der Waals surface area contributed by atoms with Crippen molar-refractivity contribution in [2.24, 2.45) is 0 Å². The predicted molar refractivity (Wildman–Crippen MR) is 120 cm³/mol. The number of nitrogens with one attached hydrogen (secondary N) is 1. The number of aromatic nitrogens is 2. The Labute approximate surface area is 184 Å². The smallest absolute Gasteiger partial charge is 0.276 e. The number of hydrogen-bond acceptors (Lipinski definition) is 6. The highest BCUT2D eigenvalue weighted by molar-refractivity contribution is 7.99. The van der Waals surface area contributed by atoms with Gasteiger partial charge in [0, 0.05) is 42.7 Å². The first-order valence-corrected chi connectivity index (χ1v) is 12.8. The highest BCUT2D eigenvalue weighted by Crippen LogP contribution is 2.19. The van der Waals surface area contributed by atoms with Crippen molar-refractivity contribution in [3.05, 3.63) is 59.9 Å². The van der Waals surface area contributed by atoms with Crippen LogP contribution in [-0.2, 0) is 21.1 Å². The van der Waals surface area contributed by atoms with E-state index in [2.05, 4.69) is 10.3 Å². The third kappa shape index (κ3) is 4.75. The van der Waals surface area contributed by atoms with Gasteiger partial charge in [0.15, 0.2) is 5.69 Å². The maximum absolute atomic E-state index is 12.8. The van der Waals surface area contributed by atoms with Gasteiger partial charge in [-0.15, -0.1) is 0 Å².